The molecule has 0 atom stereocenters. The molecule has 0 spiro atoms. The predicted molar refractivity (Wildman–Crippen MR) is 146 cm³/mol. The van der Waals surface area contributed by atoms with E-state index in [1.54, 1.807) is 0 Å². The van der Waals surface area contributed by atoms with Gasteiger partial charge in [0.05, 0.1) is 18.4 Å². The van der Waals surface area contributed by atoms with Crippen LogP contribution in [0.4, 0.5) is 0 Å². The topological polar surface area (TPSA) is 108 Å². The molecule has 4 saturated carbocycles. The summed E-state index contributed by atoms with van der Waals surface area (Å²) in [5.41, 5.74) is 6.57. The highest BCUT2D eigenvalue weighted by Gasteiger charge is 2.50. The van der Waals surface area contributed by atoms with Crippen molar-refractivity contribution in [3.8, 4) is 22.7 Å². The van der Waals surface area contributed by atoms with Gasteiger partial charge in [0, 0.05) is 39.2 Å². The molecule has 4 bridgehead atoms. The lowest BCUT2D eigenvalue weighted by atomic mass is 9.53. The molecule has 194 valence electrons. The smallest absolute Gasteiger partial charge is 0.247 e. The standard InChI is InChI=1S/C30H33N7O/c1-16(2)26-22-10-20(3-4-24(22)34-27(26)21-5-6-31-28-23(21)14-33-36-28)29-37-35-25(38-29)15-32-30-11-17-7-18(12-30)9-19(8-17)13-30/h3-6,10,14,16-19,32,34H,7-9,11-13,15H2,1-2H3,(H,31,33,36). The van der Waals surface area contributed by atoms with Crippen LogP contribution >= 0.6 is 0 Å². The summed E-state index contributed by atoms with van der Waals surface area (Å²) < 4.78 is 6.21. The van der Waals surface area contributed by atoms with Crippen molar-refractivity contribution in [3.63, 3.8) is 0 Å². The molecule has 4 aliphatic carbocycles. The SMILES string of the molecule is CC(C)c1c(-c2ccnc3[nH]ncc23)[nH]c2ccc(-c3nnc(CNC45CC6CC(CC(C6)C4)C5)o3)cc12. The molecule has 8 heteroatoms. The molecular weight excluding hydrogens is 474 g/mol. The van der Waals surface area contributed by atoms with E-state index in [1.807, 2.05) is 12.4 Å². The second kappa shape index (κ2) is 8.24. The van der Waals surface area contributed by atoms with Crippen molar-refractivity contribution >= 4 is 21.9 Å². The number of benzene rings is 1. The molecule has 0 radical (unpaired) electrons. The van der Waals surface area contributed by atoms with Crippen LogP contribution in [0.25, 0.3) is 44.6 Å². The number of pyridine rings is 1. The van der Waals surface area contributed by atoms with E-state index in [0.717, 1.165) is 51.1 Å². The first-order valence-corrected chi connectivity index (χ1v) is 14.1. The number of nitrogens with zero attached hydrogens (tertiary/aromatic N) is 4. The Kier molecular flexibility index (Phi) is 4.87. The zero-order chi connectivity index (χ0) is 25.4. The average Bonchev–Trinajstić information content (AvgIpc) is 3.64. The number of hydrogen-bond donors (Lipinski definition) is 3. The van der Waals surface area contributed by atoms with Crippen LogP contribution in [-0.4, -0.2) is 35.9 Å². The van der Waals surface area contributed by atoms with Crippen LogP contribution in [0.1, 0.15) is 69.7 Å². The summed E-state index contributed by atoms with van der Waals surface area (Å²) in [5.74, 6) is 4.30. The van der Waals surface area contributed by atoms with Gasteiger partial charge in [-0.15, -0.1) is 10.2 Å². The van der Waals surface area contributed by atoms with Gasteiger partial charge in [-0.25, -0.2) is 4.98 Å². The minimum atomic E-state index is 0.281. The summed E-state index contributed by atoms with van der Waals surface area (Å²) in [6.07, 6.45) is 11.9. The van der Waals surface area contributed by atoms with Gasteiger partial charge in [0.25, 0.3) is 0 Å². The van der Waals surface area contributed by atoms with E-state index in [0.29, 0.717) is 24.2 Å². The van der Waals surface area contributed by atoms with Crippen molar-refractivity contribution in [1.82, 2.24) is 35.7 Å². The zero-order valence-electron chi connectivity index (χ0n) is 21.9. The van der Waals surface area contributed by atoms with E-state index in [2.05, 4.69) is 73.8 Å². The number of aromatic amines is 2. The predicted octanol–water partition coefficient (Wildman–Crippen LogP) is 6.34. The lowest BCUT2D eigenvalue weighted by molar-refractivity contribution is -0.0215. The highest BCUT2D eigenvalue weighted by Crippen LogP contribution is 2.55. The molecule has 4 heterocycles. The molecule has 4 aromatic heterocycles. The number of nitrogens with one attached hydrogen (secondary N) is 3. The highest BCUT2D eigenvalue weighted by molar-refractivity contribution is 5.99. The van der Waals surface area contributed by atoms with Crippen molar-refractivity contribution in [3.05, 3.63) is 48.1 Å². The van der Waals surface area contributed by atoms with Gasteiger partial charge < -0.3 is 14.7 Å². The van der Waals surface area contributed by atoms with Crippen LogP contribution in [0, 0.1) is 17.8 Å². The van der Waals surface area contributed by atoms with E-state index in [1.165, 1.54) is 49.5 Å². The third kappa shape index (κ3) is 3.53. The molecule has 5 aromatic rings. The molecule has 0 unspecified atom stereocenters. The van der Waals surface area contributed by atoms with Crippen LogP contribution in [0.15, 0.2) is 41.1 Å². The Morgan fingerprint density at radius 2 is 1.82 bits per heavy atom. The first-order valence-electron chi connectivity index (χ1n) is 14.1. The molecule has 4 fully saturated rings. The summed E-state index contributed by atoms with van der Waals surface area (Å²) in [5, 5.41) is 22.1. The fourth-order valence-corrected chi connectivity index (χ4v) is 8.26. The number of rotatable bonds is 6. The largest absolute Gasteiger partial charge is 0.419 e. The number of fused-ring (bicyclic) bond motifs is 2. The third-order valence-electron chi connectivity index (χ3n) is 9.41. The van der Waals surface area contributed by atoms with Crippen LogP contribution in [0.2, 0.25) is 0 Å². The maximum Gasteiger partial charge on any atom is 0.247 e. The molecule has 8 nitrogen and oxygen atoms in total. The quantitative estimate of drug-likeness (QED) is 0.248. The van der Waals surface area contributed by atoms with Crippen molar-refractivity contribution in [2.45, 2.75) is 70.4 Å². The molecule has 3 N–H and O–H groups in total. The molecule has 9 rings (SSSR count). The van der Waals surface area contributed by atoms with E-state index < -0.39 is 0 Å². The van der Waals surface area contributed by atoms with Gasteiger partial charge in [-0.1, -0.05) is 13.8 Å². The lowest BCUT2D eigenvalue weighted by Gasteiger charge is -2.57. The molecule has 0 aliphatic heterocycles. The van der Waals surface area contributed by atoms with Crippen molar-refractivity contribution in [1.29, 1.82) is 0 Å². The number of H-pyrrole nitrogens is 2. The minimum absolute atomic E-state index is 0.281. The van der Waals surface area contributed by atoms with E-state index in [9.17, 15) is 0 Å². The molecule has 38 heavy (non-hydrogen) atoms. The lowest BCUT2D eigenvalue weighted by Crippen LogP contribution is -2.58. The fourth-order valence-electron chi connectivity index (χ4n) is 8.26. The Morgan fingerprint density at radius 1 is 1.03 bits per heavy atom. The van der Waals surface area contributed by atoms with Crippen molar-refractivity contribution in [2.24, 2.45) is 17.8 Å². The summed E-state index contributed by atoms with van der Waals surface area (Å²) >= 11 is 0. The van der Waals surface area contributed by atoms with Gasteiger partial charge in [-0.05, 0) is 92.0 Å². The van der Waals surface area contributed by atoms with E-state index in [4.69, 9.17) is 4.42 Å². The Bertz CT molecular complexity index is 1620. The first-order chi connectivity index (χ1) is 18.5. The Morgan fingerprint density at radius 3 is 2.58 bits per heavy atom. The van der Waals surface area contributed by atoms with Crippen LogP contribution < -0.4 is 5.32 Å². The Balaban J connectivity index is 1.10. The van der Waals surface area contributed by atoms with Crippen LogP contribution in [-0.2, 0) is 6.54 Å². The van der Waals surface area contributed by atoms with Gasteiger partial charge in [-0.2, -0.15) is 5.10 Å². The molecule has 4 aliphatic rings. The third-order valence-corrected chi connectivity index (χ3v) is 9.41. The summed E-state index contributed by atoms with van der Waals surface area (Å²) in [6, 6.07) is 8.42. The van der Waals surface area contributed by atoms with Crippen molar-refractivity contribution < 1.29 is 4.42 Å². The number of aromatic nitrogens is 6. The van der Waals surface area contributed by atoms with E-state index in [-0.39, 0.29) is 5.54 Å². The average molecular weight is 508 g/mol. The molecular formula is C30H33N7O. The van der Waals surface area contributed by atoms with Gasteiger partial charge in [0.2, 0.25) is 11.8 Å². The minimum Gasteiger partial charge on any atom is -0.419 e. The van der Waals surface area contributed by atoms with Gasteiger partial charge >= 0.3 is 0 Å². The van der Waals surface area contributed by atoms with E-state index >= 15 is 0 Å². The maximum absolute atomic E-state index is 6.21. The van der Waals surface area contributed by atoms with Gasteiger partial charge in [0.15, 0.2) is 5.65 Å². The normalized spacial score (nSPS) is 26.3. The summed E-state index contributed by atoms with van der Waals surface area (Å²) in [7, 11) is 0. The molecule has 1 aromatic carbocycles. The number of hydrogen-bond acceptors (Lipinski definition) is 6. The molecule has 0 saturated heterocycles. The molecule has 0 amide bonds. The van der Waals surface area contributed by atoms with Gasteiger partial charge in [-0.3, -0.25) is 5.10 Å². The van der Waals surface area contributed by atoms with Gasteiger partial charge in [0.1, 0.15) is 0 Å². The van der Waals surface area contributed by atoms with Crippen LogP contribution in [0.3, 0.4) is 0 Å². The first kappa shape index (κ1) is 22.5. The van der Waals surface area contributed by atoms with Crippen LogP contribution in [0.5, 0.6) is 0 Å². The second-order valence-corrected chi connectivity index (χ2v) is 12.4. The summed E-state index contributed by atoms with van der Waals surface area (Å²) in [4.78, 5) is 8.08. The fraction of sp³-hybridized carbons (Fsp3) is 0.467. The summed E-state index contributed by atoms with van der Waals surface area (Å²) in [6.45, 7) is 5.11. The highest BCUT2D eigenvalue weighted by atomic mass is 16.4. The monoisotopic (exact) mass is 507 g/mol. The second-order valence-electron chi connectivity index (χ2n) is 12.4. The Labute approximate surface area is 221 Å². The van der Waals surface area contributed by atoms with Crippen molar-refractivity contribution in [2.75, 3.05) is 0 Å². The Hall–Kier alpha value is -3.52. The maximum atomic E-state index is 6.21. The zero-order valence-corrected chi connectivity index (χ0v) is 21.9.